The van der Waals surface area contributed by atoms with Gasteiger partial charge in [0.05, 0.1) is 5.56 Å². The molecule has 0 aliphatic rings. The van der Waals surface area contributed by atoms with Crippen LogP contribution >= 0.6 is 15.9 Å². The highest BCUT2D eigenvalue weighted by atomic mass is 79.9. The average molecular weight is 376 g/mol. The standard InChI is InChI=1S/C18H18BrNO3/c1-12(17(21)13-7-9-15(19)10-8-13)23-18(22)14-5-4-6-16(11-14)20(2)3/h4-12H,1-3H3/t12-/m1/s1. The number of hydrogen-bond donors (Lipinski definition) is 0. The van der Waals surface area contributed by atoms with E-state index in [1.165, 1.54) is 0 Å². The smallest absolute Gasteiger partial charge is 0.338 e. The number of ether oxygens (including phenoxy) is 1. The normalized spacial score (nSPS) is 11.7. The molecule has 0 aliphatic carbocycles. The van der Waals surface area contributed by atoms with Crippen LogP contribution in [-0.2, 0) is 4.74 Å². The van der Waals surface area contributed by atoms with Crippen LogP contribution in [0.25, 0.3) is 0 Å². The first-order valence-corrected chi connectivity index (χ1v) is 7.96. The number of benzene rings is 2. The topological polar surface area (TPSA) is 46.6 Å². The van der Waals surface area contributed by atoms with Crippen molar-refractivity contribution in [3.8, 4) is 0 Å². The summed E-state index contributed by atoms with van der Waals surface area (Å²) in [5.74, 6) is -0.735. The first-order valence-electron chi connectivity index (χ1n) is 7.16. The third kappa shape index (κ3) is 4.42. The summed E-state index contributed by atoms with van der Waals surface area (Å²) in [7, 11) is 3.79. The van der Waals surface area contributed by atoms with Crippen molar-refractivity contribution in [3.63, 3.8) is 0 Å². The number of rotatable bonds is 5. The van der Waals surface area contributed by atoms with Gasteiger partial charge in [0.25, 0.3) is 0 Å². The molecule has 5 heteroatoms. The monoisotopic (exact) mass is 375 g/mol. The van der Waals surface area contributed by atoms with E-state index in [0.29, 0.717) is 11.1 Å². The number of carbonyl (C=O) groups is 2. The lowest BCUT2D eigenvalue weighted by atomic mass is 10.1. The minimum absolute atomic E-state index is 0.227. The van der Waals surface area contributed by atoms with Gasteiger partial charge in [-0.15, -0.1) is 0 Å². The Morgan fingerprint density at radius 1 is 1.04 bits per heavy atom. The maximum atomic E-state index is 12.3. The molecule has 2 aromatic rings. The van der Waals surface area contributed by atoms with Crippen molar-refractivity contribution in [3.05, 3.63) is 64.1 Å². The highest BCUT2D eigenvalue weighted by molar-refractivity contribution is 9.10. The van der Waals surface area contributed by atoms with Gasteiger partial charge in [0.15, 0.2) is 6.10 Å². The lowest BCUT2D eigenvalue weighted by Gasteiger charge is -2.15. The summed E-state index contributed by atoms with van der Waals surface area (Å²) in [6.07, 6.45) is -0.841. The van der Waals surface area contributed by atoms with Gasteiger partial charge in [0.1, 0.15) is 0 Å². The minimum atomic E-state index is -0.841. The van der Waals surface area contributed by atoms with E-state index >= 15 is 0 Å². The van der Waals surface area contributed by atoms with Crippen molar-refractivity contribution < 1.29 is 14.3 Å². The number of nitrogens with zero attached hydrogens (tertiary/aromatic N) is 1. The van der Waals surface area contributed by atoms with Gasteiger partial charge in [-0.25, -0.2) is 4.79 Å². The first kappa shape index (κ1) is 17.2. The summed E-state index contributed by atoms with van der Waals surface area (Å²) in [4.78, 5) is 26.4. The zero-order valence-corrected chi connectivity index (χ0v) is 14.8. The van der Waals surface area contributed by atoms with Crippen LogP contribution in [0.5, 0.6) is 0 Å². The molecular formula is C18H18BrNO3. The zero-order chi connectivity index (χ0) is 17.0. The van der Waals surface area contributed by atoms with Gasteiger partial charge < -0.3 is 9.64 Å². The highest BCUT2D eigenvalue weighted by Crippen LogP contribution is 2.16. The van der Waals surface area contributed by atoms with Crippen LogP contribution in [0.15, 0.2) is 53.0 Å². The van der Waals surface area contributed by atoms with E-state index in [4.69, 9.17) is 4.74 Å². The van der Waals surface area contributed by atoms with E-state index in [0.717, 1.165) is 10.2 Å². The number of hydrogen-bond acceptors (Lipinski definition) is 4. The van der Waals surface area contributed by atoms with Crippen molar-refractivity contribution in [2.75, 3.05) is 19.0 Å². The molecule has 4 nitrogen and oxygen atoms in total. The van der Waals surface area contributed by atoms with Gasteiger partial charge in [-0.1, -0.05) is 34.1 Å². The molecule has 0 N–H and O–H groups in total. The molecule has 0 fully saturated rings. The Hall–Kier alpha value is -2.14. The minimum Gasteiger partial charge on any atom is -0.451 e. The molecule has 23 heavy (non-hydrogen) atoms. The van der Waals surface area contributed by atoms with Crippen molar-refractivity contribution >= 4 is 33.4 Å². The fourth-order valence-electron chi connectivity index (χ4n) is 2.04. The van der Waals surface area contributed by atoms with E-state index in [9.17, 15) is 9.59 Å². The largest absolute Gasteiger partial charge is 0.451 e. The fraction of sp³-hybridized carbons (Fsp3) is 0.222. The van der Waals surface area contributed by atoms with E-state index in [2.05, 4.69) is 15.9 Å². The second-order valence-electron chi connectivity index (χ2n) is 5.36. The van der Waals surface area contributed by atoms with Gasteiger partial charge >= 0.3 is 5.97 Å². The zero-order valence-electron chi connectivity index (χ0n) is 13.2. The number of ketones is 1. The van der Waals surface area contributed by atoms with Crippen LogP contribution in [0.2, 0.25) is 0 Å². The van der Waals surface area contributed by atoms with Gasteiger partial charge in [0, 0.05) is 29.8 Å². The van der Waals surface area contributed by atoms with Crippen LogP contribution in [-0.4, -0.2) is 32.0 Å². The highest BCUT2D eigenvalue weighted by Gasteiger charge is 2.20. The fourth-order valence-corrected chi connectivity index (χ4v) is 2.31. The maximum absolute atomic E-state index is 12.3. The summed E-state index contributed by atoms with van der Waals surface area (Å²) in [5.41, 5.74) is 1.83. The summed E-state index contributed by atoms with van der Waals surface area (Å²) in [6, 6.07) is 14.0. The van der Waals surface area contributed by atoms with Crippen molar-refractivity contribution in [1.29, 1.82) is 0 Å². The second-order valence-corrected chi connectivity index (χ2v) is 6.28. The molecule has 0 bridgehead atoms. The molecule has 0 radical (unpaired) electrons. The Bertz CT molecular complexity index is 710. The van der Waals surface area contributed by atoms with Crippen molar-refractivity contribution in [1.82, 2.24) is 0 Å². The predicted octanol–water partition coefficient (Wildman–Crippen LogP) is 3.94. The molecule has 0 aromatic heterocycles. The maximum Gasteiger partial charge on any atom is 0.338 e. The number of carbonyl (C=O) groups excluding carboxylic acids is 2. The van der Waals surface area contributed by atoms with Crippen molar-refractivity contribution in [2.45, 2.75) is 13.0 Å². The van der Waals surface area contributed by atoms with Crippen LogP contribution in [0.1, 0.15) is 27.6 Å². The molecule has 0 aliphatic heterocycles. The molecule has 2 rings (SSSR count). The second kappa shape index (κ2) is 7.42. The number of halogens is 1. The van der Waals surface area contributed by atoms with E-state index < -0.39 is 12.1 Å². The Labute approximate surface area is 144 Å². The Morgan fingerprint density at radius 3 is 2.30 bits per heavy atom. The predicted molar refractivity (Wildman–Crippen MR) is 94.1 cm³/mol. The molecule has 2 aromatic carbocycles. The molecule has 0 saturated carbocycles. The van der Waals surface area contributed by atoms with Gasteiger partial charge in [-0.05, 0) is 37.3 Å². The summed E-state index contributed by atoms with van der Waals surface area (Å²) >= 11 is 3.32. The van der Waals surface area contributed by atoms with Crippen molar-refractivity contribution in [2.24, 2.45) is 0 Å². The Balaban J connectivity index is 2.08. The number of anilines is 1. The number of esters is 1. The first-order chi connectivity index (χ1) is 10.9. The van der Waals surface area contributed by atoms with Gasteiger partial charge in [0.2, 0.25) is 5.78 Å². The van der Waals surface area contributed by atoms with Crippen LogP contribution in [0, 0.1) is 0 Å². The summed E-state index contributed by atoms with van der Waals surface area (Å²) in [5, 5.41) is 0. The lowest BCUT2D eigenvalue weighted by Crippen LogP contribution is -2.24. The molecule has 0 unspecified atom stereocenters. The van der Waals surface area contributed by atoms with Gasteiger partial charge in [-0.3, -0.25) is 4.79 Å². The molecule has 0 heterocycles. The lowest BCUT2D eigenvalue weighted by molar-refractivity contribution is 0.0319. The molecule has 1 atom stereocenters. The Morgan fingerprint density at radius 2 is 1.70 bits per heavy atom. The quantitative estimate of drug-likeness (QED) is 0.586. The molecule has 0 saturated heterocycles. The van der Waals surface area contributed by atoms with Crippen LogP contribution in [0.3, 0.4) is 0 Å². The molecule has 120 valence electrons. The average Bonchev–Trinajstić information content (AvgIpc) is 2.54. The SMILES string of the molecule is C[C@@H](OC(=O)c1cccc(N(C)C)c1)C(=O)c1ccc(Br)cc1. The van der Waals surface area contributed by atoms with E-state index in [1.54, 1.807) is 49.4 Å². The summed E-state index contributed by atoms with van der Waals surface area (Å²) in [6.45, 7) is 1.58. The van der Waals surface area contributed by atoms with Gasteiger partial charge in [-0.2, -0.15) is 0 Å². The third-order valence-corrected chi connectivity index (χ3v) is 3.91. The molecular weight excluding hydrogens is 358 g/mol. The Kier molecular flexibility index (Phi) is 5.55. The van der Waals surface area contributed by atoms with E-state index in [1.807, 2.05) is 25.1 Å². The number of Topliss-reactive ketones (excluding diaryl/α,β-unsaturated/α-hetero) is 1. The summed E-state index contributed by atoms with van der Waals surface area (Å²) < 4.78 is 6.19. The van der Waals surface area contributed by atoms with E-state index in [-0.39, 0.29) is 5.78 Å². The van der Waals surface area contributed by atoms with Crippen LogP contribution in [0.4, 0.5) is 5.69 Å². The third-order valence-electron chi connectivity index (χ3n) is 3.38. The molecule has 0 spiro atoms. The van der Waals surface area contributed by atoms with Crippen LogP contribution < -0.4 is 4.90 Å². The molecule has 0 amide bonds.